The third-order valence-corrected chi connectivity index (χ3v) is 4.21. The largest absolute Gasteiger partial charge is 0.392 e. The summed E-state index contributed by atoms with van der Waals surface area (Å²) in [6.45, 7) is 5.53. The van der Waals surface area contributed by atoms with Crippen LogP contribution in [0.4, 0.5) is 5.69 Å². The molecule has 0 spiro atoms. The Morgan fingerprint density at radius 2 is 2.17 bits per heavy atom. The number of benzene rings is 1. The topological polar surface area (TPSA) is 49.3 Å². The van der Waals surface area contributed by atoms with Gasteiger partial charge in [-0.3, -0.25) is 4.79 Å². The Labute approximate surface area is 117 Å². The summed E-state index contributed by atoms with van der Waals surface area (Å²) in [6, 6.07) is 5.39. The SMILES string of the molecule is Cc1ccc(Cl)cc1NC(=O)CSC(C)C(C)O. The number of aliphatic hydroxyl groups excluding tert-OH is 1. The third kappa shape index (κ3) is 4.88. The second-order valence-corrected chi connectivity index (χ2v) is 6.07. The highest BCUT2D eigenvalue weighted by Crippen LogP contribution is 2.21. The first-order valence-corrected chi connectivity index (χ1v) is 7.18. The number of rotatable bonds is 5. The van der Waals surface area contributed by atoms with Crippen LogP contribution in [0.25, 0.3) is 0 Å². The predicted molar refractivity (Wildman–Crippen MR) is 78.4 cm³/mol. The van der Waals surface area contributed by atoms with Crippen LogP contribution in [0.15, 0.2) is 18.2 Å². The van der Waals surface area contributed by atoms with Gasteiger partial charge in [0.1, 0.15) is 0 Å². The zero-order valence-corrected chi connectivity index (χ0v) is 12.3. The Hall–Kier alpha value is -0.710. The summed E-state index contributed by atoms with van der Waals surface area (Å²) in [7, 11) is 0. The summed E-state index contributed by atoms with van der Waals surface area (Å²) in [5, 5.41) is 12.8. The Morgan fingerprint density at radius 1 is 1.50 bits per heavy atom. The fourth-order valence-corrected chi connectivity index (χ4v) is 2.20. The normalized spacial score (nSPS) is 14.1. The molecule has 1 amide bonds. The summed E-state index contributed by atoms with van der Waals surface area (Å²) < 4.78 is 0. The van der Waals surface area contributed by atoms with E-state index in [0.29, 0.717) is 10.8 Å². The van der Waals surface area contributed by atoms with Crippen molar-refractivity contribution in [3.63, 3.8) is 0 Å². The molecule has 3 nitrogen and oxygen atoms in total. The molecule has 0 heterocycles. The van der Waals surface area contributed by atoms with Crippen molar-refractivity contribution in [3.8, 4) is 0 Å². The summed E-state index contributed by atoms with van der Waals surface area (Å²) in [4.78, 5) is 11.7. The molecule has 1 aromatic carbocycles. The lowest BCUT2D eigenvalue weighted by molar-refractivity contribution is -0.113. The van der Waals surface area contributed by atoms with E-state index in [9.17, 15) is 9.90 Å². The van der Waals surface area contributed by atoms with E-state index in [2.05, 4.69) is 5.32 Å². The van der Waals surface area contributed by atoms with Crippen molar-refractivity contribution in [2.75, 3.05) is 11.1 Å². The Bertz CT molecular complexity index is 423. The minimum Gasteiger partial charge on any atom is -0.392 e. The highest BCUT2D eigenvalue weighted by Gasteiger charge is 2.12. The lowest BCUT2D eigenvalue weighted by atomic mass is 10.2. The molecule has 0 bridgehead atoms. The van der Waals surface area contributed by atoms with E-state index in [0.717, 1.165) is 11.3 Å². The van der Waals surface area contributed by atoms with E-state index >= 15 is 0 Å². The third-order valence-electron chi connectivity index (χ3n) is 2.63. The van der Waals surface area contributed by atoms with Gasteiger partial charge in [0, 0.05) is 16.0 Å². The highest BCUT2D eigenvalue weighted by atomic mass is 35.5. The zero-order chi connectivity index (χ0) is 13.7. The summed E-state index contributed by atoms with van der Waals surface area (Å²) in [5.41, 5.74) is 1.71. The van der Waals surface area contributed by atoms with Crippen LogP contribution in [0.1, 0.15) is 19.4 Å². The van der Waals surface area contributed by atoms with E-state index in [1.807, 2.05) is 19.9 Å². The van der Waals surface area contributed by atoms with Gasteiger partial charge in [0.15, 0.2) is 0 Å². The first-order valence-electron chi connectivity index (χ1n) is 5.76. The van der Waals surface area contributed by atoms with Gasteiger partial charge < -0.3 is 10.4 Å². The number of carbonyl (C=O) groups is 1. The molecule has 1 aromatic rings. The Kier molecular flexibility index (Phi) is 5.99. The van der Waals surface area contributed by atoms with E-state index in [-0.39, 0.29) is 11.2 Å². The lowest BCUT2D eigenvalue weighted by Gasteiger charge is -2.14. The maximum absolute atomic E-state index is 11.7. The van der Waals surface area contributed by atoms with Crippen molar-refractivity contribution in [2.45, 2.75) is 32.1 Å². The van der Waals surface area contributed by atoms with Crippen LogP contribution in [-0.2, 0) is 4.79 Å². The van der Waals surface area contributed by atoms with Gasteiger partial charge in [-0.1, -0.05) is 24.6 Å². The predicted octanol–water partition coefficient (Wildman–Crippen LogP) is 3.09. The number of nitrogens with one attached hydrogen (secondary N) is 1. The van der Waals surface area contributed by atoms with E-state index in [1.54, 1.807) is 19.1 Å². The van der Waals surface area contributed by atoms with Crippen molar-refractivity contribution in [1.82, 2.24) is 0 Å². The van der Waals surface area contributed by atoms with Crippen molar-refractivity contribution < 1.29 is 9.90 Å². The molecule has 0 fully saturated rings. The lowest BCUT2D eigenvalue weighted by Crippen LogP contribution is -2.21. The van der Waals surface area contributed by atoms with Crippen LogP contribution in [0.2, 0.25) is 5.02 Å². The summed E-state index contributed by atoms with van der Waals surface area (Å²) in [5.74, 6) is 0.232. The molecule has 0 aliphatic rings. The minimum atomic E-state index is -0.421. The minimum absolute atomic E-state index is 0.0382. The standard InChI is InChI=1S/C13H18ClNO2S/c1-8-4-5-11(14)6-12(8)15-13(17)7-18-10(3)9(2)16/h4-6,9-10,16H,7H2,1-3H3,(H,15,17). The van der Waals surface area contributed by atoms with E-state index in [1.165, 1.54) is 11.8 Å². The second-order valence-electron chi connectivity index (χ2n) is 4.26. The van der Waals surface area contributed by atoms with Crippen LogP contribution in [0.5, 0.6) is 0 Å². The average Bonchev–Trinajstić information content (AvgIpc) is 2.30. The molecule has 100 valence electrons. The summed E-state index contributed by atoms with van der Waals surface area (Å²) in [6.07, 6.45) is -0.421. The van der Waals surface area contributed by atoms with Crippen molar-refractivity contribution in [1.29, 1.82) is 0 Å². The molecule has 0 aromatic heterocycles. The van der Waals surface area contributed by atoms with Gasteiger partial charge in [0.05, 0.1) is 11.9 Å². The smallest absolute Gasteiger partial charge is 0.234 e. The van der Waals surface area contributed by atoms with Crippen LogP contribution in [0, 0.1) is 6.92 Å². The molecule has 0 saturated carbocycles. The second kappa shape index (κ2) is 7.02. The van der Waals surface area contributed by atoms with Gasteiger partial charge in [-0.15, -0.1) is 11.8 Å². The highest BCUT2D eigenvalue weighted by molar-refractivity contribution is 8.00. The van der Waals surface area contributed by atoms with Gasteiger partial charge in [-0.2, -0.15) is 0 Å². The number of carbonyl (C=O) groups excluding carboxylic acids is 1. The fraction of sp³-hybridized carbons (Fsp3) is 0.462. The number of aliphatic hydroxyl groups is 1. The zero-order valence-electron chi connectivity index (χ0n) is 10.7. The molecule has 5 heteroatoms. The molecule has 0 saturated heterocycles. The number of hydrogen-bond acceptors (Lipinski definition) is 3. The van der Waals surface area contributed by atoms with Crippen molar-refractivity contribution in [3.05, 3.63) is 28.8 Å². The van der Waals surface area contributed by atoms with E-state index in [4.69, 9.17) is 11.6 Å². The number of amides is 1. The van der Waals surface area contributed by atoms with Crippen LogP contribution in [0.3, 0.4) is 0 Å². The van der Waals surface area contributed by atoms with Crippen LogP contribution in [-0.4, -0.2) is 28.1 Å². The maximum atomic E-state index is 11.7. The molecule has 0 aliphatic heterocycles. The molecule has 18 heavy (non-hydrogen) atoms. The van der Waals surface area contributed by atoms with Gasteiger partial charge >= 0.3 is 0 Å². The fourth-order valence-electron chi connectivity index (χ4n) is 1.26. The molecule has 2 N–H and O–H groups in total. The monoisotopic (exact) mass is 287 g/mol. The first kappa shape index (κ1) is 15.3. The van der Waals surface area contributed by atoms with Gasteiger partial charge in [0.2, 0.25) is 5.91 Å². The number of thioether (sulfide) groups is 1. The molecule has 2 unspecified atom stereocenters. The van der Waals surface area contributed by atoms with Gasteiger partial charge in [0.25, 0.3) is 0 Å². The number of halogens is 1. The van der Waals surface area contributed by atoms with E-state index < -0.39 is 6.10 Å². The Morgan fingerprint density at radius 3 is 2.78 bits per heavy atom. The molecule has 2 atom stereocenters. The molecular formula is C13H18ClNO2S. The number of hydrogen-bond donors (Lipinski definition) is 2. The van der Waals surface area contributed by atoms with Crippen LogP contribution < -0.4 is 5.32 Å². The number of aryl methyl sites for hydroxylation is 1. The molecule has 0 aliphatic carbocycles. The van der Waals surface area contributed by atoms with Gasteiger partial charge in [-0.05, 0) is 31.5 Å². The van der Waals surface area contributed by atoms with Crippen LogP contribution >= 0.6 is 23.4 Å². The van der Waals surface area contributed by atoms with Crippen molar-refractivity contribution >= 4 is 35.0 Å². The van der Waals surface area contributed by atoms with Gasteiger partial charge in [-0.25, -0.2) is 0 Å². The number of anilines is 1. The Balaban J connectivity index is 2.52. The average molecular weight is 288 g/mol. The quantitative estimate of drug-likeness (QED) is 0.875. The maximum Gasteiger partial charge on any atom is 0.234 e. The first-order chi connectivity index (χ1) is 8.40. The molecular weight excluding hydrogens is 270 g/mol. The van der Waals surface area contributed by atoms with Crippen molar-refractivity contribution in [2.24, 2.45) is 0 Å². The summed E-state index contributed by atoms with van der Waals surface area (Å²) >= 11 is 7.31. The molecule has 1 rings (SSSR count). The molecule has 0 radical (unpaired) electrons.